The number of carbonyl (C=O) groups excluding carboxylic acids is 2. The monoisotopic (exact) mass is 299 g/mol. The van der Waals surface area contributed by atoms with Crippen molar-refractivity contribution in [2.75, 3.05) is 4.90 Å². The number of hydrogen-bond acceptors (Lipinski definition) is 2. The van der Waals surface area contributed by atoms with Crippen LogP contribution in [0.3, 0.4) is 0 Å². The molecule has 4 aliphatic carbocycles. The van der Waals surface area contributed by atoms with Crippen molar-refractivity contribution in [3.63, 3.8) is 0 Å². The van der Waals surface area contributed by atoms with Gasteiger partial charge in [0.05, 0.1) is 22.5 Å². The van der Waals surface area contributed by atoms with Crippen molar-refractivity contribution in [3.8, 4) is 0 Å². The highest BCUT2D eigenvalue weighted by molar-refractivity contribution is 6.36. The second-order valence-corrected chi connectivity index (χ2v) is 7.03. The van der Waals surface area contributed by atoms with Crippen LogP contribution in [0, 0.1) is 35.5 Å². The number of hydrogen-bond donors (Lipinski definition) is 0. The molecule has 21 heavy (non-hydrogen) atoms. The van der Waals surface area contributed by atoms with Gasteiger partial charge in [0.25, 0.3) is 0 Å². The molecule has 2 amide bonds. The number of allylic oxidation sites excluding steroid dienone is 2. The van der Waals surface area contributed by atoms with E-state index in [0.717, 1.165) is 0 Å². The standard InChI is InChI=1S/C17H14ClNO2/c18-12-3-1-2-4-13(12)19-16(20)14-8-5-6-9(11-7-10(8)11)15(14)17(19)21/h1-6,8-11,14-15H,7H2. The van der Waals surface area contributed by atoms with Crippen molar-refractivity contribution < 1.29 is 9.59 Å². The van der Waals surface area contributed by atoms with Gasteiger partial charge in [-0.15, -0.1) is 0 Å². The van der Waals surface area contributed by atoms with E-state index in [1.807, 2.05) is 12.1 Å². The van der Waals surface area contributed by atoms with E-state index in [1.54, 1.807) is 12.1 Å². The molecular formula is C17H14ClNO2. The van der Waals surface area contributed by atoms with Gasteiger partial charge in [0, 0.05) is 0 Å². The zero-order chi connectivity index (χ0) is 14.3. The number of anilines is 1. The van der Waals surface area contributed by atoms with Gasteiger partial charge in [-0.05, 0) is 42.2 Å². The van der Waals surface area contributed by atoms with E-state index in [9.17, 15) is 9.59 Å². The van der Waals surface area contributed by atoms with Crippen LogP contribution in [0.5, 0.6) is 0 Å². The molecule has 5 aliphatic rings. The molecular weight excluding hydrogens is 286 g/mol. The summed E-state index contributed by atoms with van der Waals surface area (Å²) in [4.78, 5) is 27.1. The largest absolute Gasteiger partial charge is 0.274 e. The van der Waals surface area contributed by atoms with E-state index >= 15 is 0 Å². The molecule has 0 spiro atoms. The van der Waals surface area contributed by atoms with Crippen LogP contribution in [0.15, 0.2) is 36.4 Å². The molecule has 3 fully saturated rings. The maximum atomic E-state index is 12.9. The lowest BCUT2D eigenvalue weighted by molar-refractivity contribution is -0.124. The van der Waals surface area contributed by atoms with Gasteiger partial charge in [-0.2, -0.15) is 0 Å². The summed E-state index contributed by atoms with van der Waals surface area (Å²) in [6.07, 6.45) is 5.55. The van der Waals surface area contributed by atoms with Crippen LogP contribution in [0.4, 0.5) is 5.69 Å². The van der Waals surface area contributed by atoms with E-state index in [2.05, 4.69) is 12.2 Å². The lowest BCUT2D eigenvalue weighted by atomic mass is 9.63. The Morgan fingerprint density at radius 1 is 0.952 bits per heavy atom. The van der Waals surface area contributed by atoms with Crippen LogP contribution < -0.4 is 4.90 Å². The minimum atomic E-state index is -0.160. The molecule has 106 valence electrons. The quantitative estimate of drug-likeness (QED) is 0.591. The zero-order valence-corrected chi connectivity index (χ0v) is 12.0. The molecule has 2 saturated carbocycles. The number of imide groups is 1. The lowest BCUT2D eigenvalue weighted by Crippen LogP contribution is -2.40. The molecule has 6 unspecified atom stereocenters. The summed E-state index contributed by atoms with van der Waals surface area (Å²) < 4.78 is 0. The normalized spacial score (nSPS) is 42.2. The second-order valence-electron chi connectivity index (χ2n) is 6.62. The molecule has 1 saturated heterocycles. The first-order chi connectivity index (χ1) is 10.2. The summed E-state index contributed by atoms with van der Waals surface area (Å²) in [5.74, 6) is 1.35. The van der Waals surface area contributed by atoms with Gasteiger partial charge in [0.2, 0.25) is 11.8 Å². The fraction of sp³-hybridized carbons (Fsp3) is 0.412. The first-order valence-corrected chi connectivity index (χ1v) is 7.87. The molecule has 4 heteroatoms. The number of nitrogens with zero attached hydrogens (tertiary/aromatic N) is 1. The highest BCUT2D eigenvalue weighted by atomic mass is 35.5. The minimum Gasteiger partial charge on any atom is -0.274 e. The Bertz CT molecular complexity index is 676. The van der Waals surface area contributed by atoms with Crippen LogP contribution in [-0.4, -0.2) is 11.8 Å². The summed E-state index contributed by atoms with van der Waals surface area (Å²) in [5, 5.41) is 0.461. The van der Waals surface area contributed by atoms with Crippen LogP contribution in [0.2, 0.25) is 5.02 Å². The van der Waals surface area contributed by atoms with Gasteiger partial charge in [0.1, 0.15) is 0 Å². The van der Waals surface area contributed by atoms with Crippen molar-refractivity contribution in [3.05, 3.63) is 41.4 Å². The third-order valence-electron chi connectivity index (χ3n) is 5.76. The summed E-state index contributed by atoms with van der Waals surface area (Å²) >= 11 is 6.20. The van der Waals surface area contributed by atoms with Crippen molar-refractivity contribution in [2.45, 2.75) is 6.42 Å². The smallest absolute Gasteiger partial charge is 0.238 e. The summed E-state index contributed by atoms with van der Waals surface area (Å²) in [6, 6.07) is 7.10. The lowest BCUT2D eigenvalue weighted by Gasteiger charge is -2.37. The van der Waals surface area contributed by atoms with Gasteiger partial charge in [-0.25, -0.2) is 4.90 Å². The Kier molecular flexibility index (Phi) is 2.15. The van der Waals surface area contributed by atoms with E-state index in [4.69, 9.17) is 11.6 Å². The topological polar surface area (TPSA) is 37.4 Å². The zero-order valence-electron chi connectivity index (χ0n) is 11.3. The van der Waals surface area contributed by atoms with Crippen molar-refractivity contribution >= 4 is 29.1 Å². The van der Waals surface area contributed by atoms with Crippen LogP contribution in [-0.2, 0) is 9.59 Å². The van der Waals surface area contributed by atoms with E-state index < -0.39 is 0 Å². The predicted molar refractivity (Wildman–Crippen MR) is 78.6 cm³/mol. The molecule has 3 nitrogen and oxygen atoms in total. The number of amides is 2. The van der Waals surface area contributed by atoms with Gasteiger partial charge in [0.15, 0.2) is 0 Å². The molecule has 1 heterocycles. The number of rotatable bonds is 1. The van der Waals surface area contributed by atoms with Gasteiger partial charge < -0.3 is 0 Å². The highest BCUT2D eigenvalue weighted by Gasteiger charge is 2.67. The maximum absolute atomic E-state index is 12.9. The Morgan fingerprint density at radius 2 is 1.52 bits per heavy atom. The van der Waals surface area contributed by atoms with Crippen molar-refractivity contribution in [2.24, 2.45) is 35.5 Å². The summed E-state index contributed by atoms with van der Waals surface area (Å²) in [5.41, 5.74) is 0.539. The molecule has 2 bridgehead atoms. The number of halogens is 1. The van der Waals surface area contributed by atoms with Gasteiger partial charge in [-0.1, -0.05) is 35.9 Å². The molecule has 1 aliphatic heterocycles. The fourth-order valence-electron chi connectivity index (χ4n) is 4.83. The van der Waals surface area contributed by atoms with Crippen LogP contribution in [0.1, 0.15) is 6.42 Å². The van der Waals surface area contributed by atoms with Gasteiger partial charge in [-0.3, -0.25) is 9.59 Å². The minimum absolute atomic E-state index is 0.0530. The average Bonchev–Trinajstić information content (AvgIpc) is 3.26. The first kappa shape index (κ1) is 12.0. The predicted octanol–water partition coefficient (Wildman–Crippen LogP) is 2.90. The van der Waals surface area contributed by atoms with Gasteiger partial charge >= 0.3 is 0 Å². The van der Waals surface area contributed by atoms with Crippen molar-refractivity contribution in [1.29, 1.82) is 0 Å². The average molecular weight is 300 g/mol. The Labute approximate surface area is 127 Å². The SMILES string of the molecule is O=C1C2C3C=CC(C4CC34)C2C(=O)N1c1ccccc1Cl. The number of para-hydroxylation sites is 1. The summed E-state index contributed by atoms with van der Waals surface area (Å²) in [7, 11) is 0. The number of carbonyl (C=O) groups is 2. The Hall–Kier alpha value is -1.61. The maximum Gasteiger partial charge on any atom is 0.238 e. The van der Waals surface area contributed by atoms with Crippen LogP contribution in [0.25, 0.3) is 0 Å². The number of benzene rings is 1. The second kappa shape index (κ2) is 3.77. The van der Waals surface area contributed by atoms with E-state index in [-0.39, 0.29) is 35.5 Å². The molecule has 1 aromatic rings. The van der Waals surface area contributed by atoms with Crippen LogP contribution >= 0.6 is 11.6 Å². The fourth-order valence-corrected chi connectivity index (χ4v) is 5.05. The molecule has 0 N–H and O–H groups in total. The molecule has 1 aromatic carbocycles. The van der Waals surface area contributed by atoms with Crippen molar-refractivity contribution in [1.82, 2.24) is 0 Å². The molecule has 0 radical (unpaired) electrons. The van der Waals surface area contributed by atoms with E-state index in [1.165, 1.54) is 11.3 Å². The Balaban J connectivity index is 1.62. The Morgan fingerprint density at radius 3 is 2.10 bits per heavy atom. The molecule has 0 aromatic heterocycles. The molecule has 6 atom stereocenters. The first-order valence-electron chi connectivity index (χ1n) is 7.49. The summed E-state index contributed by atoms with van der Waals surface area (Å²) in [6.45, 7) is 0. The highest BCUT2D eigenvalue weighted by Crippen LogP contribution is 2.65. The third kappa shape index (κ3) is 1.35. The molecule has 6 rings (SSSR count). The third-order valence-corrected chi connectivity index (χ3v) is 6.08. The van der Waals surface area contributed by atoms with E-state index in [0.29, 0.717) is 22.5 Å².